The Labute approximate surface area is 224 Å². The van der Waals surface area contributed by atoms with Crippen LogP contribution in [-0.2, 0) is 27.3 Å². The summed E-state index contributed by atoms with van der Waals surface area (Å²) >= 11 is 0. The number of carbonyl (C=O) groups excluding carboxylic acids is 2. The normalized spacial score (nSPS) is 33.9. The van der Waals surface area contributed by atoms with Crippen LogP contribution in [0.2, 0.25) is 0 Å². The first-order valence-corrected chi connectivity index (χ1v) is 13.9. The van der Waals surface area contributed by atoms with Crippen LogP contribution in [0.25, 0.3) is 0 Å². The van der Waals surface area contributed by atoms with Gasteiger partial charge in [-0.1, -0.05) is 41.5 Å². The van der Waals surface area contributed by atoms with Gasteiger partial charge >= 0.3 is 11.9 Å². The molecule has 2 fully saturated rings. The Morgan fingerprint density at radius 1 is 1.16 bits per heavy atom. The third kappa shape index (κ3) is 3.51. The molecule has 8 nitrogen and oxygen atoms in total. The van der Waals surface area contributed by atoms with Crippen molar-refractivity contribution >= 4 is 17.8 Å². The number of hydrogen-bond donors (Lipinski definition) is 2. The molecule has 1 spiro atoms. The van der Waals surface area contributed by atoms with Gasteiger partial charge in [0.25, 0.3) is 5.91 Å². The fraction of sp³-hybridized carbons (Fsp3) is 0.700. The van der Waals surface area contributed by atoms with Crippen LogP contribution in [-0.4, -0.2) is 50.7 Å². The van der Waals surface area contributed by atoms with Gasteiger partial charge in [0.2, 0.25) is 0 Å². The van der Waals surface area contributed by atoms with Crippen LogP contribution in [0.1, 0.15) is 95.6 Å². The van der Waals surface area contributed by atoms with Crippen LogP contribution in [0, 0.1) is 28.6 Å². The summed E-state index contributed by atoms with van der Waals surface area (Å²) in [6, 6.07) is 0.535. The van der Waals surface area contributed by atoms with Crippen LogP contribution >= 0.6 is 0 Å². The summed E-state index contributed by atoms with van der Waals surface area (Å²) in [5, 5.41) is 21.1. The van der Waals surface area contributed by atoms with Gasteiger partial charge in [0, 0.05) is 34.8 Å². The van der Waals surface area contributed by atoms with E-state index in [1.54, 1.807) is 13.8 Å². The SMILES string of the molecule is CC(=O)O[C@H]1CC[C@@]23Oc4c(c(O)cc5c4CN([C@@H](C(=O)O)C(C)C)C5=O)C[C@]2(C)[C@@H](C)CC[C@H]3C1(C)C. The maximum atomic E-state index is 13.5. The molecule has 0 bridgehead atoms. The Balaban J connectivity index is 1.63. The van der Waals surface area contributed by atoms with Crippen molar-refractivity contribution in [3.63, 3.8) is 0 Å². The maximum Gasteiger partial charge on any atom is 0.326 e. The topological polar surface area (TPSA) is 113 Å². The van der Waals surface area contributed by atoms with Gasteiger partial charge in [-0.25, -0.2) is 4.79 Å². The van der Waals surface area contributed by atoms with Crippen molar-refractivity contribution in [3.05, 3.63) is 22.8 Å². The molecule has 4 aliphatic rings. The number of esters is 1. The first kappa shape index (κ1) is 26.8. The van der Waals surface area contributed by atoms with E-state index in [-0.39, 0.29) is 52.9 Å². The van der Waals surface area contributed by atoms with E-state index in [9.17, 15) is 24.6 Å². The molecule has 1 amide bonds. The number of benzene rings is 1. The van der Waals surface area contributed by atoms with E-state index < -0.39 is 17.6 Å². The molecule has 2 aliphatic heterocycles. The maximum absolute atomic E-state index is 13.5. The first-order chi connectivity index (χ1) is 17.7. The van der Waals surface area contributed by atoms with Crippen LogP contribution < -0.4 is 4.74 Å². The van der Waals surface area contributed by atoms with Gasteiger partial charge in [0.05, 0.1) is 12.1 Å². The summed E-state index contributed by atoms with van der Waals surface area (Å²) in [7, 11) is 0. The second-order valence-electron chi connectivity index (χ2n) is 13.3. The lowest BCUT2D eigenvalue weighted by Crippen LogP contribution is -2.70. The highest BCUT2D eigenvalue weighted by Crippen LogP contribution is 2.67. The van der Waals surface area contributed by atoms with Crippen molar-refractivity contribution in [2.24, 2.45) is 28.6 Å². The van der Waals surface area contributed by atoms with E-state index in [0.717, 1.165) is 12.8 Å². The number of rotatable bonds is 4. The van der Waals surface area contributed by atoms with E-state index in [0.29, 0.717) is 47.6 Å². The molecule has 2 saturated carbocycles. The van der Waals surface area contributed by atoms with Gasteiger partial charge in [0.15, 0.2) is 0 Å². The number of aliphatic carboxylic acids is 1. The Morgan fingerprint density at radius 3 is 2.45 bits per heavy atom. The molecule has 0 aromatic heterocycles. The van der Waals surface area contributed by atoms with Crippen molar-refractivity contribution in [2.45, 2.75) is 105 Å². The van der Waals surface area contributed by atoms with E-state index in [4.69, 9.17) is 9.47 Å². The van der Waals surface area contributed by atoms with Crippen molar-refractivity contribution in [3.8, 4) is 11.5 Å². The molecule has 38 heavy (non-hydrogen) atoms. The first-order valence-electron chi connectivity index (χ1n) is 13.9. The molecule has 2 N–H and O–H groups in total. The predicted molar refractivity (Wildman–Crippen MR) is 140 cm³/mol. The lowest BCUT2D eigenvalue weighted by molar-refractivity contribution is -0.238. The number of carbonyl (C=O) groups is 3. The predicted octanol–water partition coefficient (Wildman–Crippen LogP) is 4.94. The summed E-state index contributed by atoms with van der Waals surface area (Å²) < 4.78 is 13.0. The number of ether oxygens (including phenoxy) is 2. The fourth-order valence-corrected chi connectivity index (χ4v) is 8.45. The molecule has 6 atom stereocenters. The molecular weight excluding hydrogens is 486 g/mol. The highest BCUT2D eigenvalue weighted by Gasteiger charge is 2.68. The summed E-state index contributed by atoms with van der Waals surface area (Å²) in [6.45, 7) is 14.0. The molecule has 208 valence electrons. The number of nitrogens with zero attached hydrogens (tertiary/aromatic N) is 1. The van der Waals surface area contributed by atoms with Gasteiger partial charge in [-0.3, -0.25) is 9.59 Å². The summed E-state index contributed by atoms with van der Waals surface area (Å²) in [4.78, 5) is 38.9. The second-order valence-corrected chi connectivity index (χ2v) is 13.3. The number of aromatic hydroxyl groups is 1. The summed E-state index contributed by atoms with van der Waals surface area (Å²) in [5.41, 5.74) is 0.507. The molecule has 0 radical (unpaired) electrons. The molecule has 5 rings (SSSR count). The third-order valence-corrected chi connectivity index (χ3v) is 10.7. The number of amides is 1. The second kappa shape index (κ2) is 8.62. The molecule has 0 unspecified atom stereocenters. The average Bonchev–Trinajstić information content (AvgIpc) is 3.11. The number of hydrogen-bond acceptors (Lipinski definition) is 6. The minimum atomic E-state index is -1.04. The fourth-order valence-electron chi connectivity index (χ4n) is 8.45. The van der Waals surface area contributed by atoms with Gasteiger partial charge in [-0.15, -0.1) is 0 Å². The quantitative estimate of drug-likeness (QED) is 0.534. The molecule has 1 aromatic rings. The molecule has 1 aromatic carbocycles. The number of phenolic OH excluding ortho intramolecular Hbond substituents is 1. The van der Waals surface area contributed by atoms with Crippen LogP contribution in [0.4, 0.5) is 0 Å². The van der Waals surface area contributed by atoms with Crippen LogP contribution in [0.3, 0.4) is 0 Å². The molecule has 2 aliphatic carbocycles. The van der Waals surface area contributed by atoms with Gasteiger partial charge in [0.1, 0.15) is 29.2 Å². The van der Waals surface area contributed by atoms with Crippen molar-refractivity contribution in [1.29, 1.82) is 0 Å². The van der Waals surface area contributed by atoms with Crippen LogP contribution in [0.5, 0.6) is 11.5 Å². The molecule has 8 heteroatoms. The highest BCUT2D eigenvalue weighted by atomic mass is 16.5. The van der Waals surface area contributed by atoms with Gasteiger partial charge < -0.3 is 24.6 Å². The van der Waals surface area contributed by atoms with Crippen molar-refractivity contribution < 1.29 is 34.1 Å². The Morgan fingerprint density at radius 2 is 1.84 bits per heavy atom. The standard InChI is InChI=1S/C30H41NO7/c1-15(2)24(27(35)36)31-14-20-18(26(31)34)12-21(33)19-13-29(7)16(3)8-9-22-28(5,6)23(37-17(4)32)10-11-30(22,29)38-25(19)20/h12,15-16,22-24,33H,8-11,13-14H2,1-7H3,(H,35,36)/t16-,22-,23-,24+,29+,30-/m0/s1. The van der Waals surface area contributed by atoms with E-state index >= 15 is 0 Å². The zero-order valence-electron chi connectivity index (χ0n) is 23.6. The monoisotopic (exact) mass is 527 g/mol. The highest BCUT2D eigenvalue weighted by molar-refractivity contribution is 6.02. The minimum Gasteiger partial charge on any atom is -0.508 e. The number of phenols is 1. The van der Waals surface area contributed by atoms with Crippen LogP contribution in [0.15, 0.2) is 6.07 Å². The van der Waals surface area contributed by atoms with Crippen molar-refractivity contribution in [1.82, 2.24) is 4.90 Å². The van der Waals surface area contributed by atoms with E-state index in [1.165, 1.54) is 17.9 Å². The molecule has 0 saturated heterocycles. The summed E-state index contributed by atoms with van der Waals surface area (Å²) in [5.74, 6) is -0.990. The Hall–Kier alpha value is -2.77. The Kier molecular flexibility index (Phi) is 6.08. The van der Waals surface area contributed by atoms with E-state index in [1.807, 2.05) is 0 Å². The van der Waals surface area contributed by atoms with E-state index in [2.05, 4.69) is 27.7 Å². The number of carboxylic acids is 1. The smallest absolute Gasteiger partial charge is 0.326 e. The lowest BCUT2D eigenvalue weighted by atomic mass is 9.43. The third-order valence-electron chi connectivity index (χ3n) is 10.7. The lowest BCUT2D eigenvalue weighted by Gasteiger charge is -2.67. The number of carboxylic acid groups (broad SMARTS) is 1. The minimum absolute atomic E-state index is 0.0311. The number of fused-ring (bicyclic) bond motifs is 3. The van der Waals surface area contributed by atoms with Gasteiger partial charge in [-0.2, -0.15) is 0 Å². The average molecular weight is 528 g/mol. The van der Waals surface area contributed by atoms with Crippen molar-refractivity contribution in [2.75, 3.05) is 0 Å². The Bertz CT molecular complexity index is 1210. The molecule has 2 heterocycles. The largest absolute Gasteiger partial charge is 0.508 e. The zero-order chi connectivity index (χ0) is 27.9. The van der Waals surface area contributed by atoms with Gasteiger partial charge in [-0.05, 0) is 50.0 Å². The molecular formula is C30H41NO7. The summed E-state index contributed by atoms with van der Waals surface area (Å²) in [6.07, 6.45) is 3.69. The zero-order valence-corrected chi connectivity index (χ0v) is 23.6.